The zero-order valence-corrected chi connectivity index (χ0v) is 17.2. The predicted octanol–water partition coefficient (Wildman–Crippen LogP) is 2.72. The number of para-hydroxylation sites is 2. The maximum atomic E-state index is 12.5. The summed E-state index contributed by atoms with van der Waals surface area (Å²) in [6.07, 6.45) is -1.30. The first-order chi connectivity index (χ1) is 14.0. The number of rotatable bonds is 8. The number of amides is 1. The maximum Gasteiger partial charge on any atom is 0.387 e. The van der Waals surface area contributed by atoms with Gasteiger partial charge in [0.25, 0.3) is 5.91 Å². The quantitative estimate of drug-likeness (QED) is 0.631. The van der Waals surface area contributed by atoms with Gasteiger partial charge in [0.05, 0.1) is 16.1 Å². The highest BCUT2D eigenvalue weighted by Crippen LogP contribution is 2.25. The molecule has 162 valence electrons. The average molecular weight is 442 g/mol. The number of nitrogens with zero attached hydrogens (tertiary/aromatic N) is 1. The van der Waals surface area contributed by atoms with Crippen LogP contribution >= 0.6 is 0 Å². The molecule has 0 radical (unpaired) electrons. The van der Waals surface area contributed by atoms with Crippen molar-refractivity contribution >= 4 is 27.6 Å². The summed E-state index contributed by atoms with van der Waals surface area (Å²) in [7, 11) is -1.06. The summed E-state index contributed by atoms with van der Waals surface area (Å²) < 4.78 is 59.7. The third-order valence-corrected chi connectivity index (χ3v) is 5.67. The zero-order valence-electron chi connectivity index (χ0n) is 16.3. The minimum absolute atomic E-state index is 0.0234. The Morgan fingerprint density at radius 2 is 1.73 bits per heavy atom. The van der Waals surface area contributed by atoms with Gasteiger partial charge in [-0.05, 0) is 37.3 Å². The molecule has 0 spiro atoms. The number of hydrogen-bond donors (Lipinski definition) is 1. The van der Waals surface area contributed by atoms with Crippen molar-refractivity contribution in [3.8, 4) is 5.75 Å². The molecule has 1 atom stereocenters. The number of anilines is 1. The van der Waals surface area contributed by atoms with E-state index in [0.29, 0.717) is 0 Å². The molecule has 0 aliphatic heterocycles. The number of ether oxygens (including phenoxy) is 2. The number of carbonyl (C=O) groups is 2. The Bertz CT molecular complexity index is 1030. The number of esters is 1. The summed E-state index contributed by atoms with van der Waals surface area (Å²) >= 11 is 0. The zero-order chi connectivity index (χ0) is 22.5. The van der Waals surface area contributed by atoms with E-state index in [-0.39, 0.29) is 21.9 Å². The lowest BCUT2D eigenvalue weighted by Gasteiger charge is -2.16. The average Bonchev–Trinajstić information content (AvgIpc) is 2.68. The van der Waals surface area contributed by atoms with Gasteiger partial charge in [-0.1, -0.05) is 18.2 Å². The highest BCUT2D eigenvalue weighted by Gasteiger charge is 2.23. The molecule has 11 heteroatoms. The van der Waals surface area contributed by atoms with Gasteiger partial charge in [-0.15, -0.1) is 0 Å². The first-order valence-corrected chi connectivity index (χ1v) is 10.0. The number of sulfonamides is 1. The molecule has 1 unspecified atom stereocenters. The molecule has 1 N–H and O–H groups in total. The Morgan fingerprint density at radius 1 is 1.07 bits per heavy atom. The van der Waals surface area contributed by atoms with Crippen LogP contribution in [0, 0.1) is 0 Å². The molecular formula is C19H20F2N2O6S. The number of hydrogen-bond acceptors (Lipinski definition) is 6. The standard InChI is InChI=1S/C19H20F2N2O6S/c1-12(17(24)22-15-9-4-5-10-16(15)29-19(20)21)28-18(25)13-7-6-8-14(11-13)30(26,27)23(2)3/h4-12,19H,1-3H3,(H,22,24). The summed E-state index contributed by atoms with van der Waals surface area (Å²) in [4.78, 5) is 24.5. The third-order valence-electron chi connectivity index (χ3n) is 3.86. The van der Waals surface area contributed by atoms with Gasteiger partial charge in [-0.2, -0.15) is 8.78 Å². The molecular weight excluding hydrogens is 422 g/mol. The smallest absolute Gasteiger partial charge is 0.387 e. The van der Waals surface area contributed by atoms with Gasteiger partial charge in [0, 0.05) is 14.1 Å². The normalized spacial score (nSPS) is 12.5. The van der Waals surface area contributed by atoms with Gasteiger partial charge in [0.15, 0.2) is 6.10 Å². The lowest BCUT2D eigenvalue weighted by atomic mass is 10.2. The molecule has 0 fully saturated rings. The molecule has 0 saturated carbocycles. The van der Waals surface area contributed by atoms with Crippen LogP contribution < -0.4 is 10.1 Å². The van der Waals surface area contributed by atoms with Crippen LogP contribution in [0.2, 0.25) is 0 Å². The van der Waals surface area contributed by atoms with Crippen LogP contribution in [0.15, 0.2) is 53.4 Å². The summed E-state index contributed by atoms with van der Waals surface area (Å²) in [6.45, 7) is -1.80. The topological polar surface area (TPSA) is 102 Å². The fourth-order valence-corrected chi connectivity index (χ4v) is 3.23. The summed E-state index contributed by atoms with van der Waals surface area (Å²) in [5, 5.41) is 2.35. The Morgan fingerprint density at radius 3 is 2.37 bits per heavy atom. The van der Waals surface area contributed by atoms with Crippen LogP contribution in [0.4, 0.5) is 14.5 Å². The Kier molecular flexibility index (Phi) is 7.46. The van der Waals surface area contributed by atoms with E-state index in [9.17, 15) is 26.8 Å². The van der Waals surface area contributed by atoms with Gasteiger partial charge in [0.1, 0.15) is 5.75 Å². The first kappa shape index (κ1) is 23.2. The van der Waals surface area contributed by atoms with E-state index in [4.69, 9.17) is 4.74 Å². The largest absolute Gasteiger partial charge is 0.449 e. The molecule has 1 amide bonds. The lowest BCUT2D eigenvalue weighted by molar-refractivity contribution is -0.123. The van der Waals surface area contributed by atoms with E-state index < -0.39 is 34.6 Å². The molecule has 30 heavy (non-hydrogen) atoms. The second-order valence-electron chi connectivity index (χ2n) is 6.23. The molecule has 0 aliphatic carbocycles. The first-order valence-electron chi connectivity index (χ1n) is 8.60. The van der Waals surface area contributed by atoms with Crippen molar-refractivity contribution in [2.75, 3.05) is 19.4 Å². The summed E-state index contributed by atoms with van der Waals surface area (Å²) in [5.41, 5.74) is -0.0937. The van der Waals surface area contributed by atoms with E-state index >= 15 is 0 Å². The van der Waals surface area contributed by atoms with Crippen LogP contribution in [0.3, 0.4) is 0 Å². The fraction of sp³-hybridized carbons (Fsp3) is 0.263. The molecule has 0 aromatic heterocycles. The predicted molar refractivity (Wildman–Crippen MR) is 104 cm³/mol. The molecule has 8 nitrogen and oxygen atoms in total. The van der Waals surface area contributed by atoms with Crippen molar-refractivity contribution in [2.24, 2.45) is 0 Å². The van der Waals surface area contributed by atoms with Crippen molar-refractivity contribution < 1.29 is 36.3 Å². The summed E-state index contributed by atoms with van der Waals surface area (Å²) in [6, 6.07) is 10.7. The number of halogens is 2. The highest BCUT2D eigenvalue weighted by atomic mass is 32.2. The van der Waals surface area contributed by atoms with E-state index in [2.05, 4.69) is 10.1 Å². The SMILES string of the molecule is CC(OC(=O)c1cccc(S(=O)(=O)N(C)C)c1)C(=O)Nc1ccccc1OC(F)F. The van der Waals surface area contributed by atoms with E-state index in [1.807, 2.05) is 0 Å². The van der Waals surface area contributed by atoms with E-state index in [1.165, 1.54) is 63.5 Å². The lowest BCUT2D eigenvalue weighted by Crippen LogP contribution is -2.30. The Labute approximate surface area is 172 Å². The number of nitrogens with one attached hydrogen (secondary N) is 1. The molecule has 0 heterocycles. The van der Waals surface area contributed by atoms with E-state index in [0.717, 1.165) is 10.4 Å². The van der Waals surface area contributed by atoms with Crippen LogP contribution in [-0.2, 0) is 19.6 Å². The number of alkyl halides is 2. The fourth-order valence-electron chi connectivity index (χ4n) is 2.28. The minimum atomic E-state index is -3.76. The van der Waals surface area contributed by atoms with Crippen molar-refractivity contribution in [3.05, 3.63) is 54.1 Å². The Hall–Kier alpha value is -3.05. The molecule has 0 bridgehead atoms. The van der Waals surface area contributed by atoms with Gasteiger partial charge in [0.2, 0.25) is 10.0 Å². The number of benzene rings is 2. The van der Waals surface area contributed by atoms with E-state index in [1.54, 1.807) is 0 Å². The minimum Gasteiger partial charge on any atom is -0.449 e. The van der Waals surface area contributed by atoms with Gasteiger partial charge >= 0.3 is 12.6 Å². The molecule has 2 rings (SSSR count). The van der Waals surface area contributed by atoms with Crippen LogP contribution in [0.1, 0.15) is 17.3 Å². The van der Waals surface area contributed by atoms with Gasteiger partial charge < -0.3 is 14.8 Å². The summed E-state index contributed by atoms with van der Waals surface area (Å²) in [5.74, 6) is -1.96. The van der Waals surface area contributed by atoms with Gasteiger partial charge in [-0.25, -0.2) is 17.5 Å². The second-order valence-corrected chi connectivity index (χ2v) is 8.38. The van der Waals surface area contributed by atoms with Crippen molar-refractivity contribution in [1.29, 1.82) is 0 Å². The Balaban J connectivity index is 2.11. The van der Waals surface area contributed by atoms with Crippen molar-refractivity contribution in [3.63, 3.8) is 0 Å². The molecule has 0 aliphatic rings. The third kappa shape index (κ3) is 5.74. The van der Waals surface area contributed by atoms with Crippen LogP contribution in [0.25, 0.3) is 0 Å². The maximum absolute atomic E-state index is 12.5. The highest BCUT2D eigenvalue weighted by molar-refractivity contribution is 7.89. The van der Waals surface area contributed by atoms with Crippen molar-refractivity contribution in [2.45, 2.75) is 24.5 Å². The molecule has 2 aromatic rings. The molecule has 2 aromatic carbocycles. The van der Waals surface area contributed by atoms with Crippen molar-refractivity contribution in [1.82, 2.24) is 4.31 Å². The second kappa shape index (κ2) is 9.63. The number of carbonyl (C=O) groups excluding carboxylic acids is 2. The monoisotopic (exact) mass is 442 g/mol. The van der Waals surface area contributed by atoms with Crippen LogP contribution in [-0.4, -0.2) is 51.4 Å². The van der Waals surface area contributed by atoms with Crippen LogP contribution in [0.5, 0.6) is 5.75 Å². The molecule has 0 saturated heterocycles. The van der Waals surface area contributed by atoms with Gasteiger partial charge in [-0.3, -0.25) is 4.79 Å².